The molecule has 1 aromatic heterocycles. The Hall–Kier alpha value is -1.87. The lowest BCUT2D eigenvalue weighted by molar-refractivity contribution is 1.42. The summed E-state index contributed by atoms with van der Waals surface area (Å²) in [5, 5.41) is 1.05. The minimum atomic E-state index is 0.829. The largest absolute Gasteiger partial charge is 0.399 e. The minimum Gasteiger partial charge on any atom is -0.399 e. The second-order valence-electron chi connectivity index (χ2n) is 4.56. The van der Waals surface area contributed by atoms with E-state index >= 15 is 0 Å². The van der Waals surface area contributed by atoms with Crippen molar-refractivity contribution in [3.63, 3.8) is 0 Å². The molecule has 0 unspecified atom stereocenters. The fourth-order valence-electron chi connectivity index (χ4n) is 1.97. The van der Waals surface area contributed by atoms with Crippen molar-refractivity contribution in [2.24, 2.45) is 0 Å². The van der Waals surface area contributed by atoms with Crippen molar-refractivity contribution in [2.45, 2.75) is 13.8 Å². The highest BCUT2D eigenvalue weighted by molar-refractivity contribution is 7.21. The standard InChI is InChI=1S/C15H14N2S/c1-9-3-6-14-13(7-9)17-15(18-14)11-4-5-12(16)10(2)8-11/h3-8H,16H2,1-2H3. The summed E-state index contributed by atoms with van der Waals surface area (Å²) in [6.45, 7) is 4.11. The van der Waals surface area contributed by atoms with Crippen LogP contribution in [0, 0.1) is 13.8 Å². The molecule has 3 heteroatoms. The minimum absolute atomic E-state index is 0.829. The van der Waals surface area contributed by atoms with Crippen molar-refractivity contribution in [2.75, 3.05) is 5.73 Å². The van der Waals surface area contributed by atoms with Gasteiger partial charge >= 0.3 is 0 Å². The first kappa shape index (κ1) is 11.2. The van der Waals surface area contributed by atoms with Crippen molar-refractivity contribution in [3.8, 4) is 10.6 Å². The highest BCUT2D eigenvalue weighted by Crippen LogP contribution is 2.31. The van der Waals surface area contributed by atoms with Gasteiger partial charge in [0, 0.05) is 11.3 Å². The number of thiazole rings is 1. The Bertz CT molecular complexity index is 728. The first-order chi connectivity index (χ1) is 8.63. The van der Waals surface area contributed by atoms with E-state index in [-0.39, 0.29) is 0 Å². The molecule has 0 fully saturated rings. The zero-order valence-corrected chi connectivity index (χ0v) is 11.2. The normalized spacial score (nSPS) is 11.0. The van der Waals surface area contributed by atoms with E-state index in [0.29, 0.717) is 0 Å². The van der Waals surface area contributed by atoms with Crippen LogP contribution in [0.1, 0.15) is 11.1 Å². The number of hydrogen-bond acceptors (Lipinski definition) is 3. The number of hydrogen-bond donors (Lipinski definition) is 1. The summed E-state index contributed by atoms with van der Waals surface area (Å²) in [4.78, 5) is 4.69. The molecular formula is C15H14N2S. The second-order valence-corrected chi connectivity index (χ2v) is 5.59. The van der Waals surface area contributed by atoms with Gasteiger partial charge in [0.25, 0.3) is 0 Å². The highest BCUT2D eigenvalue weighted by Gasteiger charge is 2.07. The third-order valence-electron chi connectivity index (χ3n) is 3.06. The molecule has 2 nitrogen and oxygen atoms in total. The molecule has 0 saturated carbocycles. The Balaban J connectivity index is 2.16. The average Bonchev–Trinajstić information content (AvgIpc) is 2.75. The van der Waals surface area contributed by atoms with Crippen molar-refractivity contribution >= 4 is 27.2 Å². The maximum atomic E-state index is 5.84. The van der Waals surface area contributed by atoms with E-state index in [1.54, 1.807) is 11.3 Å². The number of anilines is 1. The van der Waals surface area contributed by atoms with Crippen molar-refractivity contribution in [3.05, 3.63) is 47.5 Å². The van der Waals surface area contributed by atoms with Crippen molar-refractivity contribution in [1.29, 1.82) is 0 Å². The molecule has 0 saturated heterocycles. The van der Waals surface area contributed by atoms with Crippen LogP contribution < -0.4 is 5.73 Å². The van der Waals surface area contributed by atoms with Gasteiger partial charge in [0.05, 0.1) is 10.2 Å². The van der Waals surface area contributed by atoms with E-state index in [9.17, 15) is 0 Å². The van der Waals surface area contributed by atoms with Gasteiger partial charge in [-0.25, -0.2) is 4.98 Å². The summed E-state index contributed by atoms with van der Waals surface area (Å²) in [6, 6.07) is 12.5. The lowest BCUT2D eigenvalue weighted by Gasteiger charge is -2.01. The SMILES string of the molecule is Cc1ccc2sc(-c3ccc(N)c(C)c3)nc2c1. The predicted molar refractivity (Wildman–Crippen MR) is 78.9 cm³/mol. The summed E-state index contributed by atoms with van der Waals surface area (Å²) in [5.74, 6) is 0. The Morgan fingerprint density at radius 3 is 2.67 bits per heavy atom. The van der Waals surface area contributed by atoms with Gasteiger partial charge < -0.3 is 5.73 Å². The molecule has 3 rings (SSSR count). The number of rotatable bonds is 1. The molecule has 0 atom stereocenters. The highest BCUT2D eigenvalue weighted by atomic mass is 32.1. The Labute approximate surface area is 110 Å². The van der Waals surface area contributed by atoms with Gasteiger partial charge in [0.15, 0.2) is 0 Å². The van der Waals surface area contributed by atoms with Gasteiger partial charge in [-0.3, -0.25) is 0 Å². The lowest BCUT2D eigenvalue weighted by atomic mass is 10.1. The van der Waals surface area contributed by atoms with E-state index in [1.807, 2.05) is 19.1 Å². The van der Waals surface area contributed by atoms with Gasteiger partial charge in [-0.1, -0.05) is 6.07 Å². The van der Waals surface area contributed by atoms with Crippen LogP contribution in [0.3, 0.4) is 0 Å². The molecule has 0 spiro atoms. The van der Waals surface area contributed by atoms with Crippen LogP contribution in [-0.2, 0) is 0 Å². The first-order valence-electron chi connectivity index (χ1n) is 5.87. The number of fused-ring (bicyclic) bond motifs is 1. The van der Waals surface area contributed by atoms with Crippen LogP contribution in [0.5, 0.6) is 0 Å². The molecular weight excluding hydrogens is 240 g/mol. The molecule has 2 aromatic carbocycles. The third-order valence-corrected chi connectivity index (χ3v) is 4.15. The maximum Gasteiger partial charge on any atom is 0.124 e. The molecule has 3 aromatic rings. The summed E-state index contributed by atoms with van der Waals surface area (Å²) in [7, 11) is 0. The fraction of sp³-hybridized carbons (Fsp3) is 0.133. The van der Waals surface area contributed by atoms with Crippen LogP contribution in [0.2, 0.25) is 0 Å². The quantitative estimate of drug-likeness (QED) is 0.662. The Morgan fingerprint density at radius 2 is 1.89 bits per heavy atom. The Morgan fingerprint density at radius 1 is 1.06 bits per heavy atom. The molecule has 0 aliphatic heterocycles. The van der Waals surface area contributed by atoms with E-state index in [2.05, 4.69) is 31.2 Å². The molecule has 0 radical (unpaired) electrons. The van der Waals surface area contributed by atoms with E-state index in [0.717, 1.165) is 27.3 Å². The zero-order valence-electron chi connectivity index (χ0n) is 10.4. The molecule has 90 valence electrons. The number of nitrogens with zero attached hydrogens (tertiary/aromatic N) is 1. The molecule has 0 aliphatic carbocycles. The van der Waals surface area contributed by atoms with Crippen LogP contribution in [0.15, 0.2) is 36.4 Å². The predicted octanol–water partition coefficient (Wildman–Crippen LogP) is 4.16. The van der Waals surface area contributed by atoms with Crippen LogP contribution in [0.25, 0.3) is 20.8 Å². The van der Waals surface area contributed by atoms with Crippen molar-refractivity contribution in [1.82, 2.24) is 4.98 Å². The molecule has 0 aliphatic rings. The molecule has 2 N–H and O–H groups in total. The maximum absolute atomic E-state index is 5.84. The van der Waals surface area contributed by atoms with E-state index in [4.69, 9.17) is 10.7 Å². The smallest absolute Gasteiger partial charge is 0.124 e. The van der Waals surface area contributed by atoms with Crippen LogP contribution in [0.4, 0.5) is 5.69 Å². The van der Waals surface area contributed by atoms with E-state index < -0.39 is 0 Å². The topological polar surface area (TPSA) is 38.9 Å². The molecule has 0 bridgehead atoms. The number of nitrogen functional groups attached to an aromatic ring is 1. The van der Waals surface area contributed by atoms with Crippen LogP contribution >= 0.6 is 11.3 Å². The van der Waals surface area contributed by atoms with Gasteiger partial charge in [0.2, 0.25) is 0 Å². The summed E-state index contributed by atoms with van der Waals surface area (Å²) in [5.41, 5.74) is 11.2. The van der Waals surface area contributed by atoms with Gasteiger partial charge in [-0.05, 0) is 55.3 Å². The van der Waals surface area contributed by atoms with Gasteiger partial charge in [-0.15, -0.1) is 11.3 Å². The number of benzene rings is 2. The Kier molecular flexibility index (Phi) is 2.56. The third kappa shape index (κ3) is 1.87. The molecule has 0 amide bonds. The number of aromatic nitrogens is 1. The van der Waals surface area contributed by atoms with E-state index in [1.165, 1.54) is 10.3 Å². The second kappa shape index (κ2) is 4.10. The first-order valence-corrected chi connectivity index (χ1v) is 6.69. The van der Waals surface area contributed by atoms with Crippen LogP contribution in [-0.4, -0.2) is 4.98 Å². The van der Waals surface area contributed by atoms with Gasteiger partial charge in [0.1, 0.15) is 5.01 Å². The monoisotopic (exact) mass is 254 g/mol. The average molecular weight is 254 g/mol. The summed E-state index contributed by atoms with van der Waals surface area (Å²) in [6.07, 6.45) is 0. The summed E-state index contributed by atoms with van der Waals surface area (Å²) < 4.78 is 1.23. The summed E-state index contributed by atoms with van der Waals surface area (Å²) >= 11 is 1.72. The molecule has 1 heterocycles. The fourth-order valence-corrected chi connectivity index (χ4v) is 2.91. The lowest BCUT2D eigenvalue weighted by Crippen LogP contribution is -1.89. The van der Waals surface area contributed by atoms with Crippen molar-refractivity contribution < 1.29 is 0 Å². The van der Waals surface area contributed by atoms with Gasteiger partial charge in [-0.2, -0.15) is 0 Å². The number of nitrogens with two attached hydrogens (primary N) is 1. The molecule has 18 heavy (non-hydrogen) atoms. The zero-order chi connectivity index (χ0) is 12.7. The number of aryl methyl sites for hydroxylation is 2.